The molecule has 2 aliphatic rings. The van der Waals surface area contributed by atoms with Gasteiger partial charge in [-0.2, -0.15) is 0 Å². The Kier molecular flexibility index (Phi) is 7.83. The number of hydrogen-bond acceptors (Lipinski definition) is 6. The SMILES string of the molecule is COC(=O)c1cc(-c2ccc(F)c(F)c2)ncc1C1CCCC(COC2CC2)(NC(=O)OC(C)(C)C)C1. The van der Waals surface area contributed by atoms with E-state index in [-0.39, 0.29) is 12.0 Å². The van der Waals surface area contributed by atoms with Gasteiger partial charge in [-0.25, -0.2) is 18.4 Å². The van der Waals surface area contributed by atoms with Gasteiger partial charge in [0.15, 0.2) is 11.6 Å². The fourth-order valence-corrected chi connectivity index (χ4v) is 4.83. The molecule has 37 heavy (non-hydrogen) atoms. The molecule has 2 unspecified atom stereocenters. The maximum Gasteiger partial charge on any atom is 0.408 e. The number of methoxy groups -OCH3 is 1. The minimum absolute atomic E-state index is 0.118. The minimum Gasteiger partial charge on any atom is -0.465 e. The second-order valence-electron chi connectivity index (χ2n) is 11.0. The van der Waals surface area contributed by atoms with Crippen molar-refractivity contribution in [3.8, 4) is 11.3 Å². The Balaban J connectivity index is 1.64. The van der Waals surface area contributed by atoms with Crippen LogP contribution in [0.1, 0.15) is 81.1 Å². The Morgan fingerprint density at radius 2 is 1.89 bits per heavy atom. The van der Waals surface area contributed by atoms with E-state index in [4.69, 9.17) is 14.2 Å². The topological polar surface area (TPSA) is 86.8 Å². The van der Waals surface area contributed by atoms with Crippen molar-refractivity contribution in [2.24, 2.45) is 0 Å². The summed E-state index contributed by atoms with van der Waals surface area (Å²) in [6.07, 6.45) is 6.11. The van der Waals surface area contributed by atoms with Crippen molar-refractivity contribution in [1.29, 1.82) is 0 Å². The standard InChI is InChI=1S/C28H34F2N2O5/c1-27(2,3)37-26(34)32-28(16-36-19-8-9-19)11-5-6-18(14-28)21-15-31-24(13-20(21)25(33)35-4)17-7-10-22(29)23(30)12-17/h7,10,12-13,15,18-19H,5-6,8-9,11,14,16H2,1-4H3,(H,32,34). The zero-order valence-electron chi connectivity index (χ0n) is 21.7. The number of carbonyl (C=O) groups excluding carboxylic acids is 2. The summed E-state index contributed by atoms with van der Waals surface area (Å²) >= 11 is 0. The van der Waals surface area contributed by atoms with E-state index in [9.17, 15) is 18.4 Å². The van der Waals surface area contributed by atoms with E-state index in [2.05, 4.69) is 10.3 Å². The van der Waals surface area contributed by atoms with Crippen molar-refractivity contribution in [3.05, 3.63) is 53.2 Å². The van der Waals surface area contributed by atoms with Gasteiger partial charge in [0.2, 0.25) is 0 Å². The molecule has 1 N–H and O–H groups in total. The van der Waals surface area contributed by atoms with Gasteiger partial charge in [0.05, 0.1) is 36.6 Å². The van der Waals surface area contributed by atoms with Crippen LogP contribution in [0.2, 0.25) is 0 Å². The average molecular weight is 517 g/mol. The lowest BCUT2D eigenvalue weighted by Gasteiger charge is -2.42. The van der Waals surface area contributed by atoms with Gasteiger partial charge in [-0.1, -0.05) is 6.42 Å². The molecule has 1 aromatic carbocycles. The third-order valence-corrected chi connectivity index (χ3v) is 6.73. The van der Waals surface area contributed by atoms with E-state index in [1.165, 1.54) is 13.2 Å². The van der Waals surface area contributed by atoms with E-state index < -0.39 is 34.8 Å². The van der Waals surface area contributed by atoms with Gasteiger partial charge >= 0.3 is 12.1 Å². The van der Waals surface area contributed by atoms with E-state index in [1.54, 1.807) is 12.3 Å². The lowest BCUT2D eigenvalue weighted by Crippen LogP contribution is -2.55. The Morgan fingerprint density at radius 3 is 2.54 bits per heavy atom. The predicted octanol–water partition coefficient (Wildman–Crippen LogP) is 5.91. The van der Waals surface area contributed by atoms with Crippen molar-refractivity contribution in [2.75, 3.05) is 13.7 Å². The van der Waals surface area contributed by atoms with Crippen LogP contribution in [0.4, 0.5) is 13.6 Å². The largest absolute Gasteiger partial charge is 0.465 e. The molecule has 0 saturated heterocycles. The van der Waals surface area contributed by atoms with E-state index in [0.29, 0.717) is 41.8 Å². The molecule has 2 aliphatic carbocycles. The van der Waals surface area contributed by atoms with Crippen molar-refractivity contribution in [3.63, 3.8) is 0 Å². The third-order valence-electron chi connectivity index (χ3n) is 6.73. The highest BCUT2D eigenvalue weighted by molar-refractivity contribution is 5.92. The molecule has 2 saturated carbocycles. The van der Waals surface area contributed by atoms with Crippen molar-refractivity contribution < 1.29 is 32.6 Å². The quantitative estimate of drug-likeness (QED) is 0.460. The number of esters is 1. The molecule has 0 radical (unpaired) electrons. The lowest BCUT2D eigenvalue weighted by molar-refractivity contribution is 0.0120. The molecule has 200 valence electrons. The van der Waals surface area contributed by atoms with Gasteiger partial charge in [0.25, 0.3) is 0 Å². The molecule has 9 heteroatoms. The van der Waals surface area contributed by atoms with Crippen LogP contribution in [0.25, 0.3) is 11.3 Å². The fraction of sp³-hybridized carbons (Fsp3) is 0.536. The molecule has 1 aromatic heterocycles. The number of rotatable bonds is 7. The molecule has 0 spiro atoms. The van der Waals surface area contributed by atoms with Crippen LogP contribution < -0.4 is 5.32 Å². The predicted molar refractivity (Wildman–Crippen MR) is 133 cm³/mol. The van der Waals surface area contributed by atoms with E-state index >= 15 is 0 Å². The lowest BCUT2D eigenvalue weighted by atomic mass is 9.73. The Hall–Kier alpha value is -3.07. The van der Waals surface area contributed by atoms with Gasteiger partial charge in [0.1, 0.15) is 5.60 Å². The number of alkyl carbamates (subject to hydrolysis) is 1. The average Bonchev–Trinajstić information content (AvgIpc) is 3.67. The second kappa shape index (κ2) is 10.7. The normalized spacial score (nSPS) is 21.8. The van der Waals surface area contributed by atoms with Gasteiger partial charge < -0.3 is 19.5 Å². The Morgan fingerprint density at radius 1 is 1.14 bits per heavy atom. The third kappa shape index (κ3) is 6.83. The second-order valence-corrected chi connectivity index (χ2v) is 11.0. The van der Waals surface area contributed by atoms with E-state index in [0.717, 1.165) is 37.8 Å². The number of carbonyl (C=O) groups is 2. The Labute approximate surface area is 215 Å². The number of amides is 1. The summed E-state index contributed by atoms with van der Waals surface area (Å²) in [5, 5.41) is 3.08. The summed E-state index contributed by atoms with van der Waals surface area (Å²) in [4.78, 5) is 30.1. The van der Waals surface area contributed by atoms with Gasteiger partial charge in [-0.3, -0.25) is 4.98 Å². The molecule has 1 heterocycles. The minimum atomic E-state index is -0.996. The number of halogens is 2. The zero-order valence-corrected chi connectivity index (χ0v) is 21.7. The maximum atomic E-state index is 13.8. The van der Waals surface area contributed by atoms with Crippen LogP contribution in [0, 0.1) is 11.6 Å². The molecule has 2 aromatic rings. The summed E-state index contributed by atoms with van der Waals surface area (Å²) in [5.41, 5.74) is 0.346. The molecule has 0 bridgehead atoms. The molecule has 2 fully saturated rings. The van der Waals surface area contributed by atoms with Crippen LogP contribution in [-0.4, -0.2) is 48.0 Å². The number of aromatic nitrogens is 1. The summed E-state index contributed by atoms with van der Waals surface area (Å²) in [7, 11) is 1.29. The van der Waals surface area contributed by atoms with Crippen molar-refractivity contribution in [2.45, 2.75) is 82.5 Å². The fourth-order valence-electron chi connectivity index (χ4n) is 4.83. The maximum absolute atomic E-state index is 13.8. The number of ether oxygens (including phenoxy) is 3. The molecule has 2 atom stereocenters. The Bertz CT molecular complexity index is 1160. The van der Waals surface area contributed by atoms with Crippen LogP contribution in [0.3, 0.4) is 0 Å². The number of benzene rings is 1. The molecule has 0 aliphatic heterocycles. The van der Waals surface area contributed by atoms with Crippen molar-refractivity contribution >= 4 is 12.1 Å². The first-order chi connectivity index (χ1) is 17.5. The summed E-state index contributed by atoms with van der Waals surface area (Å²) in [5.74, 6) is -2.62. The van der Waals surface area contributed by atoms with Gasteiger partial charge in [0, 0.05) is 11.8 Å². The zero-order chi connectivity index (χ0) is 26.8. The first-order valence-electron chi connectivity index (χ1n) is 12.6. The van der Waals surface area contributed by atoms with E-state index in [1.807, 2.05) is 20.8 Å². The van der Waals surface area contributed by atoms with Crippen LogP contribution >= 0.6 is 0 Å². The number of hydrogen-bond donors (Lipinski definition) is 1. The highest BCUT2D eigenvalue weighted by Gasteiger charge is 2.42. The highest BCUT2D eigenvalue weighted by Crippen LogP contribution is 2.42. The highest BCUT2D eigenvalue weighted by atomic mass is 19.2. The number of nitrogens with zero attached hydrogens (tertiary/aromatic N) is 1. The molecular formula is C28H34F2N2O5. The number of pyridine rings is 1. The molecule has 7 nitrogen and oxygen atoms in total. The summed E-state index contributed by atoms with van der Waals surface area (Å²) in [6.45, 7) is 5.78. The molecular weight excluding hydrogens is 482 g/mol. The van der Waals surface area contributed by atoms with Gasteiger partial charge in [-0.15, -0.1) is 0 Å². The smallest absolute Gasteiger partial charge is 0.408 e. The number of nitrogens with one attached hydrogen (secondary N) is 1. The van der Waals surface area contributed by atoms with Crippen LogP contribution in [-0.2, 0) is 14.2 Å². The monoisotopic (exact) mass is 516 g/mol. The van der Waals surface area contributed by atoms with Crippen LogP contribution in [0.5, 0.6) is 0 Å². The van der Waals surface area contributed by atoms with Gasteiger partial charge in [-0.05, 0) is 88.6 Å². The molecule has 1 amide bonds. The summed E-state index contributed by atoms with van der Waals surface area (Å²) in [6, 6.07) is 5.03. The molecule has 4 rings (SSSR count). The first-order valence-corrected chi connectivity index (χ1v) is 12.6. The van der Waals surface area contributed by atoms with Crippen LogP contribution in [0.15, 0.2) is 30.5 Å². The first kappa shape index (κ1) is 27.0. The van der Waals surface area contributed by atoms with Crippen molar-refractivity contribution in [1.82, 2.24) is 10.3 Å². The summed E-state index contributed by atoms with van der Waals surface area (Å²) < 4.78 is 43.9.